The summed E-state index contributed by atoms with van der Waals surface area (Å²) in [6.07, 6.45) is 5.18. The zero-order chi connectivity index (χ0) is 17.9. The lowest BCUT2D eigenvalue weighted by Gasteiger charge is -2.20. The number of aromatic nitrogens is 3. The van der Waals surface area contributed by atoms with Crippen LogP contribution in [0.25, 0.3) is 5.69 Å². The summed E-state index contributed by atoms with van der Waals surface area (Å²) in [6, 6.07) is 11.0. The van der Waals surface area contributed by atoms with Gasteiger partial charge >= 0.3 is 0 Å². The lowest BCUT2D eigenvalue weighted by molar-refractivity contribution is -0.117. The van der Waals surface area contributed by atoms with Crippen LogP contribution in [-0.4, -0.2) is 33.9 Å². The molecule has 0 saturated carbocycles. The van der Waals surface area contributed by atoms with E-state index in [0.29, 0.717) is 30.5 Å². The summed E-state index contributed by atoms with van der Waals surface area (Å²) < 4.78 is 12.8. The highest BCUT2D eigenvalue weighted by atomic mass is 16.6. The molecule has 1 N–H and O–H groups in total. The molecule has 1 aliphatic rings. The first-order valence-electron chi connectivity index (χ1n) is 8.37. The van der Waals surface area contributed by atoms with Gasteiger partial charge in [0.05, 0.1) is 11.6 Å². The molecule has 3 heterocycles. The molecule has 0 bridgehead atoms. The largest absolute Gasteiger partial charge is 0.486 e. The third-order valence-corrected chi connectivity index (χ3v) is 4.23. The summed E-state index contributed by atoms with van der Waals surface area (Å²) in [4.78, 5) is 16.6. The standard InChI is InChI=1S/C19H18N4O3/c1-13(14-2-3-16-17(12-14)26-11-10-25-16)19(24)21-18-6-9-23(22-18)15-4-7-20-8-5-15/h2-9,12-13H,10-11H2,1H3,(H,21,22,24)/t13-/m1/s1. The maximum Gasteiger partial charge on any atom is 0.232 e. The van der Waals surface area contributed by atoms with Crippen LogP contribution in [0.2, 0.25) is 0 Å². The predicted molar refractivity (Wildman–Crippen MR) is 95.8 cm³/mol. The number of anilines is 1. The minimum absolute atomic E-state index is 0.137. The van der Waals surface area contributed by atoms with Crippen LogP contribution in [-0.2, 0) is 4.79 Å². The number of hydrogen-bond acceptors (Lipinski definition) is 5. The van der Waals surface area contributed by atoms with Crippen LogP contribution in [0.15, 0.2) is 55.0 Å². The van der Waals surface area contributed by atoms with Crippen molar-refractivity contribution in [1.82, 2.24) is 14.8 Å². The number of fused-ring (bicyclic) bond motifs is 1. The summed E-state index contributed by atoms with van der Waals surface area (Å²) in [5.41, 5.74) is 1.74. The zero-order valence-electron chi connectivity index (χ0n) is 14.3. The summed E-state index contributed by atoms with van der Waals surface area (Å²) in [7, 11) is 0. The van der Waals surface area contributed by atoms with Crippen molar-refractivity contribution in [2.75, 3.05) is 18.5 Å². The second-order valence-electron chi connectivity index (χ2n) is 5.96. The molecule has 132 valence electrons. The molecule has 26 heavy (non-hydrogen) atoms. The number of carbonyl (C=O) groups is 1. The molecule has 0 fully saturated rings. The third-order valence-electron chi connectivity index (χ3n) is 4.23. The highest BCUT2D eigenvalue weighted by molar-refractivity contribution is 5.94. The molecule has 4 rings (SSSR count). The first-order valence-corrected chi connectivity index (χ1v) is 8.37. The summed E-state index contributed by atoms with van der Waals surface area (Å²) >= 11 is 0. The molecular weight excluding hydrogens is 332 g/mol. The van der Waals surface area contributed by atoms with Crippen molar-refractivity contribution >= 4 is 11.7 Å². The van der Waals surface area contributed by atoms with Crippen LogP contribution in [0.1, 0.15) is 18.4 Å². The van der Waals surface area contributed by atoms with Gasteiger partial charge in [0, 0.05) is 24.7 Å². The molecule has 0 spiro atoms. The number of nitrogens with zero attached hydrogens (tertiary/aromatic N) is 3. The van der Waals surface area contributed by atoms with E-state index in [9.17, 15) is 4.79 Å². The summed E-state index contributed by atoms with van der Waals surface area (Å²) in [5, 5.41) is 7.23. The number of pyridine rings is 1. The van der Waals surface area contributed by atoms with Crippen LogP contribution >= 0.6 is 0 Å². The first-order chi connectivity index (χ1) is 12.7. The topological polar surface area (TPSA) is 78.3 Å². The molecule has 0 radical (unpaired) electrons. The SMILES string of the molecule is C[C@@H](C(=O)Nc1ccn(-c2ccncc2)n1)c1ccc2c(c1)OCCO2. The van der Waals surface area contributed by atoms with Crippen molar-refractivity contribution < 1.29 is 14.3 Å². The maximum absolute atomic E-state index is 12.6. The van der Waals surface area contributed by atoms with Crippen molar-refractivity contribution in [3.8, 4) is 17.2 Å². The highest BCUT2D eigenvalue weighted by Crippen LogP contribution is 2.33. The smallest absolute Gasteiger partial charge is 0.232 e. The van der Waals surface area contributed by atoms with Crippen molar-refractivity contribution in [2.24, 2.45) is 0 Å². The minimum atomic E-state index is -0.350. The number of benzene rings is 1. The molecule has 1 amide bonds. The third kappa shape index (κ3) is 3.23. The molecule has 0 aliphatic carbocycles. The van der Waals surface area contributed by atoms with Gasteiger partial charge in [-0.2, -0.15) is 5.10 Å². The normalized spacial score (nSPS) is 13.9. The van der Waals surface area contributed by atoms with Gasteiger partial charge in [-0.05, 0) is 36.8 Å². The molecular formula is C19H18N4O3. The van der Waals surface area contributed by atoms with E-state index in [1.54, 1.807) is 29.3 Å². The Labute approximate surface area is 150 Å². The van der Waals surface area contributed by atoms with E-state index in [0.717, 1.165) is 11.3 Å². The Morgan fingerprint density at radius 2 is 1.88 bits per heavy atom. The fourth-order valence-corrected chi connectivity index (χ4v) is 2.75. The van der Waals surface area contributed by atoms with Crippen LogP contribution in [0.4, 0.5) is 5.82 Å². The Morgan fingerprint density at radius 3 is 2.69 bits per heavy atom. The fraction of sp³-hybridized carbons (Fsp3) is 0.211. The molecule has 1 aliphatic heterocycles. The van der Waals surface area contributed by atoms with Crippen molar-refractivity contribution in [3.63, 3.8) is 0 Å². The van der Waals surface area contributed by atoms with E-state index in [4.69, 9.17) is 9.47 Å². The monoisotopic (exact) mass is 350 g/mol. The molecule has 0 saturated heterocycles. The average molecular weight is 350 g/mol. The van der Waals surface area contributed by atoms with E-state index >= 15 is 0 Å². The molecule has 7 heteroatoms. The highest BCUT2D eigenvalue weighted by Gasteiger charge is 2.20. The number of amides is 1. The van der Waals surface area contributed by atoms with Gasteiger partial charge in [0.15, 0.2) is 17.3 Å². The predicted octanol–water partition coefficient (Wildman–Crippen LogP) is 2.78. The molecule has 7 nitrogen and oxygen atoms in total. The Bertz CT molecular complexity index is 924. The fourth-order valence-electron chi connectivity index (χ4n) is 2.75. The molecule has 1 aromatic carbocycles. The second-order valence-corrected chi connectivity index (χ2v) is 5.96. The maximum atomic E-state index is 12.6. The molecule has 3 aromatic rings. The van der Waals surface area contributed by atoms with Gasteiger partial charge < -0.3 is 14.8 Å². The summed E-state index contributed by atoms with van der Waals surface area (Å²) in [5.74, 6) is 1.40. The van der Waals surface area contributed by atoms with E-state index in [-0.39, 0.29) is 11.8 Å². The van der Waals surface area contributed by atoms with Crippen molar-refractivity contribution in [3.05, 3.63) is 60.6 Å². The summed E-state index contributed by atoms with van der Waals surface area (Å²) in [6.45, 7) is 2.91. The van der Waals surface area contributed by atoms with Crippen LogP contribution in [0.3, 0.4) is 0 Å². The van der Waals surface area contributed by atoms with Gasteiger partial charge in [-0.1, -0.05) is 6.07 Å². The minimum Gasteiger partial charge on any atom is -0.486 e. The van der Waals surface area contributed by atoms with Crippen LogP contribution < -0.4 is 14.8 Å². The van der Waals surface area contributed by atoms with E-state index in [2.05, 4.69) is 15.4 Å². The molecule has 0 unspecified atom stereocenters. The van der Waals surface area contributed by atoms with Crippen LogP contribution in [0.5, 0.6) is 11.5 Å². The van der Waals surface area contributed by atoms with Crippen LogP contribution in [0, 0.1) is 0 Å². The number of nitrogens with one attached hydrogen (secondary N) is 1. The van der Waals surface area contributed by atoms with Gasteiger partial charge in [-0.15, -0.1) is 0 Å². The molecule has 1 atom stereocenters. The average Bonchev–Trinajstić information content (AvgIpc) is 3.16. The van der Waals surface area contributed by atoms with Gasteiger partial charge in [0.2, 0.25) is 5.91 Å². The van der Waals surface area contributed by atoms with Gasteiger partial charge in [-0.3, -0.25) is 9.78 Å². The van der Waals surface area contributed by atoms with Crippen molar-refractivity contribution in [2.45, 2.75) is 12.8 Å². The lowest BCUT2D eigenvalue weighted by atomic mass is 9.99. The van der Waals surface area contributed by atoms with E-state index < -0.39 is 0 Å². The lowest BCUT2D eigenvalue weighted by Crippen LogP contribution is -2.20. The van der Waals surface area contributed by atoms with Gasteiger partial charge in [-0.25, -0.2) is 4.68 Å². The zero-order valence-corrected chi connectivity index (χ0v) is 14.3. The Balaban J connectivity index is 1.47. The first kappa shape index (κ1) is 16.1. The van der Waals surface area contributed by atoms with E-state index in [1.165, 1.54) is 0 Å². The molecule has 2 aromatic heterocycles. The Kier molecular flexibility index (Phi) is 4.27. The number of ether oxygens (including phenoxy) is 2. The Morgan fingerprint density at radius 1 is 1.12 bits per heavy atom. The quantitative estimate of drug-likeness (QED) is 0.783. The Hall–Kier alpha value is -3.35. The van der Waals surface area contributed by atoms with Crippen molar-refractivity contribution in [1.29, 1.82) is 0 Å². The van der Waals surface area contributed by atoms with Gasteiger partial charge in [0.25, 0.3) is 0 Å². The number of carbonyl (C=O) groups excluding carboxylic acids is 1. The number of rotatable bonds is 4. The number of hydrogen-bond donors (Lipinski definition) is 1. The van der Waals surface area contributed by atoms with Gasteiger partial charge in [0.1, 0.15) is 13.2 Å². The van der Waals surface area contributed by atoms with E-state index in [1.807, 2.05) is 37.3 Å². The second kappa shape index (κ2) is 6.87.